The number of tetrazole rings is 1. The summed E-state index contributed by atoms with van der Waals surface area (Å²) in [4.78, 5) is 3.13. The number of hydrogen-bond acceptors (Lipinski definition) is 11. The molecule has 54 heavy (non-hydrogen) atoms. The number of quaternary nitrogens is 1. The molecular weight excluding hydrogens is 761 g/mol. The molecule has 2 N–H and O–H groups in total. The molecule has 0 saturated carbocycles. The molecule has 296 valence electrons. The zero-order valence-corrected chi connectivity index (χ0v) is 35.6. The van der Waals surface area contributed by atoms with Crippen LogP contribution in [0.5, 0.6) is 0 Å². The fourth-order valence-electron chi connectivity index (χ4n) is 5.17. The number of hydrogen-bond donors (Lipinski definition) is 2. The average Bonchev–Trinajstić information content (AvgIpc) is 3.89. The minimum Gasteiger partial charge on any atom is -0.750 e. The summed E-state index contributed by atoms with van der Waals surface area (Å²) in [6, 6.07) is 22.2. The van der Waals surface area contributed by atoms with Gasteiger partial charge in [-0.2, -0.15) is 15.4 Å². The topological polar surface area (TPSA) is 159 Å². The van der Waals surface area contributed by atoms with E-state index in [0.717, 1.165) is 31.9 Å². The van der Waals surface area contributed by atoms with Crippen molar-refractivity contribution in [2.45, 2.75) is 91.5 Å². The Morgan fingerprint density at radius 1 is 0.889 bits per heavy atom. The van der Waals surface area contributed by atoms with Crippen molar-refractivity contribution in [3.63, 3.8) is 0 Å². The van der Waals surface area contributed by atoms with Crippen LogP contribution in [-0.4, -0.2) is 66.1 Å². The monoisotopic (exact) mass is 815 g/mol. The first kappa shape index (κ1) is 46.8. The number of unbranched alkanes of at least 4 members (excludes halogenated alkanes) is 9. The maximum absolute atomic E-state index is 8.83. The summed E-state index contributed by atoms with van der Waals surface area (Å²) in [7, 11) is 6.86. The van der Waals surface area contributed by atoms with Gasteiger partial charge in [-0.05, 0) is 92.6 Å². The van der Waals surface area contributed by atoms with Gasteiger partial charge in [0.25, 0.3) is 0 Å². The molecule has 1 aliphatic rings. The second-order valence-electron chi connectivity index (χ2n) is 13.8. The Hall–Kier alpha value is -3.35. The van der Waals surface area contributed by atoms with Crippen LogP contribution in [0.25, 0.3) is 15.9 Å². The van der Waals surface area contributed by atoms with Crippen LogP contribution in [0.4, 0.5) is 5.69 Å². The molecule has 16 heteroatoms. The zero-order chi connectivity index (χ0) is 39.8. The molecule has 1 atom stereocenters. The number of aromatic amines is 2. The van der Waals surface area contributed by atoms with Gasteiger partial charge in [-0.15, -0.1) is 11.3 Å². The number of para-hydroxylation sites is 1. The highest BCUT2D eigenvalue weighted by Gasteiger charge is 2.06. The summed E-state index contributed by atoms with van der Waals surface area (Å²) in [5, 5.41) is 26.3. The minimum atomic E-state index is -2.88. The Balaban J connectivity index is 0.000000241. The second-order valence-corrected chi connectivity index (χ2v) is 16.4. The lowest BCUT2D eigenvalue weighted by Crippen LogP contribution is -2.35. The smallest absolute Gasteiger partial charge is 0.242 e. The van der Waals surface area contributed by atoms with Gasteiger partial charge < -0.3 is 23.6 Å². The van der Waals surface area contributed by atoms with Gasteiger partial charge in [-0.25, -0.2) is 8.89 Å². The first-order valence-corrected chi connectivity index (χ1v) is 20.8. The summed E-state index contributed by atoms with van der Waals surface area (Å²) in [6.45, 7) is 8.52. The van der Waals surface area contributed by atoms with Crippen LogP contribution in [0.15, 0.2) is 77.0 Å². The maximum atomic E-state index is 8.83. The molecule has 2 aromatic heterocycles. The molecule has 6 rings (SSSR count). The van der Waals surface area contributed by atoms with Crippen molar-refractivity contribution in [2.75, 3.05) is 27.7 Å². The third kappa shape index (κ3) is 20.4. The average molecular weight is 816 g/mol. The number of rotatable bonds is 13. The van der Waals surface area contributed by atoms with E-state index in [-0.39, 0.29) is 0 Å². The van der Waals surface area contributed by atoms with E-state index in [0.29, 0.717) is 4.77 Å². The van der Waals surface area contributed by atoms with Crippen molar-refractivity contribution < 1.29 is 22.8 Å². The number of fused-ring (bicyclic) bond motifs is 2. The molecule has 0 saturated heterocycles. The molecule has 0 spiro atoms. The van der Waals surface area contributed by atoms with Crippen molar-refractivity contribution >= 4 is 63.0 Å². The Bertz CT molecular complexity index is 1940. The third-order valence-corrected chi connectivity index (χ3v) is 9.55. The molecule has 0 bridgehead atoms. The molecule has 0 aliphatic carbocycles. The van der Waals surface area contributed by atoms with E-state index in [9.17, 15) is 0 Å². The Kier molecular flexibility index (Phi) is 22.9. The highest BCUT2D eigenvalue weighted by molar-refractivity contribution is 7.74. The van der Waals surface area contributed by atoms with Gasteiger partial charge in [-0.1, -0.05) is 105 Å². The van der Waals surface area contributed by atoms with Crippen LogP contribution in [0.3, 0.4) is 0 Å². The van der Waals surface area contributed by atoms with E-state index in [1.807, 2.05) is 30.3 Å². The number of H-pyrrole nitrogens is 2. The van der Waals surface area contributed by atoms with Crippen LogP contribution >= 0.6 is 35.8 Å². The number of thiazole rings is 1. The maximum Gasteiger partial charge on any atom is 0.242 e. The van der Waals surface area contributed by atoms with Crippen molar-refractivity contribution in [2.24, 2.45) is 10.2 Å². The largest absolute Gasteiger partial charge is 0.750 e. The molecule has 1 aliphatic heterocycles. The van der Waals surface area contributed by atoms with E-state index in [4.69, 9.17) is 38.5 Å². The molecule has 0 fully saturated rings. The highest BCUT2D eigenvalue weighted by atomic mass is 32.2. The fraction of sp³-hybridized carbons (Fsp3) is 0.474. The first-order chi connectivity index (χ1) is 25.8. The molecular formula is C38H55N8O4S4-. The van der Waals surface area contributed by atoms with Crippen molar-refractivity contribution in [1.29, 1.82) is 0 Å². The summed E-state index contributed by atoms with van der Waals surface area (Å²) in [6.07, 6.45) is 14.4. The summed E-state index contributed by atoms with van der Waals surface area (Å²) in [5.74, 6) is 0. The summed E-state index contributed by atoms with van der Waals surface area (Å²) >= 11 is 8.69. The van der Waals surface area contributed by atoms with Gasteiger partial charge in [0.2, 0.25) is 4.77 Å². The van der Waals surface area contributed by atoms with Gasteiger partial charge >= 0.3 is 0 Å². The number of nitrogens with zero attached hydrogens (tertiary/aromatic N) is 6. The van der Waals surface area contributed by atoms with E-state index in [2.05, 4.69) is 113 Å². The van der Waals surface area contributed by atoms with Crippen LogP contribution in [0.1, 0.15) is 87.8 Å². The molecule has 1 unspecified atom stereocenters. The van der Waals surface area contributed by atoms with Crippen LogP contribution in [-0.2, 0) is 22.2 Å². The number of azo groups is 1. The van der Waals surface area contributed by atoms with E-state index < -0.39 is 11.4 Å². The zero-order valence-electron chi connectivity index (χ0n) is 32.3. The molecule has 0 amide bonds. The quantitative estimate of drug-likeness (QED) is 0.0297. The number of aryl methyl sites for hydroxylation is 2. The first-order valence-electron chi connectivity index (χ1n) is 18.1. The van der Waals surface area contributed by atoms with Crippen LogP contribution < -0.4 is 5.26 Å². The number of nitrogens with one attached hydrogen (secondary N) is 2. The minimum absolute atomic E-state index is 0.432. The molecule has 0 radical (unpaired) electrons. The molecule has 5 aromatic rings. The lowest BCUT2D eigenvalue weighted by Gasteiger charge is -2.23. The Labute approximate surface area is 336 Å². The lowest BCUT2D eigenvalue weighted by atomic mass is 10.1. The molecule has 3 heterocycles. The van der Waals surface area contributed by atoms with Gasteiger partial charge in [0.1, 0.15) is 0 Å². The highest BCUT2D eigenvalue weighted by Crippen LogP contribution is 2.27. The van der Waals surface area contributed by atoms with Gasteiger partial charge in [0, 0.05) is 5.56 Å². The summed E-state index contributed by atoms with van der Waals surface area (Å²) < 4.78 is 25.4. The second kappa shape index (κ2) is 26.5. The van der Waals surface area contributed by atoms with Gasteiger partial charge in [-0.3, -0.25) is 0 Å². The van der Waals surface area contributed by atoms with Crippen molar-refractivity contribution in [3.05, 3.63) is 92.1 Å². The third-order valence-electron chi connectivity index (χ3n) is 7.96. The van der Waals surface area contributed by atoms with Crippen LogP contribution in [0.2, 0.25) is 0 Å². The van der Waals surface area contributed by atoms with Crippen molar-refractivity contribution in [3.8, 4) is 5.69 Å². The van der Waals surface area contributed by atoms with Gasteiger partial charge in [0.15, 0.2) is 3.95 Å². The predicted octanol–water partition coefficient (Wildman–Crippen LogP) is 9.87. The van der Waals surface area contributed by atoms with E-state index >= 15 is 0 Å². The molecule has 3 aromatic carbocycles. The van der Waals surface area contributed by atoms with Crippen LogP contribution in [0, 0.1) is 22.6 Å². The summed E-state index contributed by atoms with van der Waals surface area (Å²) in [5.41, 5.74) is 6.89. The van der Waals surface area contributed by atoms with E-state index in [1.165, 1.54) is 92.1 Å². The fourth-order valence-corrected chi connectivity index (χ4v) is 6.45. The Morgan fingerprint density at radius 3 is 2.06 bits per heavy atom. The number of benzene rings is 3. The molecule has 12 nitrogen and oxygen atoms in total. The lowest BCUT2D eigenvalue weighted by molar-refractivity contribution is -0.870. The predicted molar refractivity (Wildman–Crippen MR) is 222 cm³/mol. The number of aromatic nitrogens is 5. The standard InChI is InChI=1S/C15H34N.C8H8N2.C8H7NS2.C7H6N4S.H2O4S/c1-5-6-7-8-9-10-11-12-13-14-15-16(2,3)4;1-6-2-3-7-5-9-10-8(7)4-6;1-5-2-3-7-6(4-5)9-8(10)11-7;12-7-8-9-10-11(7)6-4-2-1-3-5-6;1-4-5(2)3/h5-15H2,1-4H3;2-4H,5H2,1H3;2-4H,1H3,(H,9,10);1-5H,(H,8,10,12);1H,(H,2,3)/q+1;;;;/p-2. The normalized spacial score (nSPS) is 11.9. The Morgan fingerprint density at radius 2 is 1.48 bits per heavy atom. The van der Waals surface area contributed by atoms with Gasteiger partial charge in [0.05, 0.1) is 67.2 Å². The van der Waals surface area contributed by atoms with E-state index in [1.54, 1.807) is 16.0 Å². The SMILES string of the molecule is CCCCCCCCCCCC[N+](C)(C)C.Cc1ccc2c(c1)N=NC2.Cc1ccc2sc(=S)[nH]c2c1.O=S([O-])O[O-].S=c1nn[nH]n1-c1ccccc1. The van der Waals surface area contributed by atoms with Crippen molar-refractivity contribution in [1.82, 2.24) is 25.2 Å².